The third-order valence-corrected chi connectivity index (χ3v) is 5.17. The van der Waals surface area contributed by atoms with Gasteiger partial charge in [0.1, 0.15) is 23.9 Å². The van der Waals surface area contributed by atoms with Gasteiger partial charge in [-0.1, -0.05) is 18.2 Å². The molecule has 4 rings (SSSR count). The molecule has 0 aliphatic carbocycles. The molecule has 2 heterocycles. The van der Waals surface area contributed by atoms with Crippen molar-refractivity contribution in [1.29, 1.82) is 0 Å². The van der Waals surface area contributed by atoms with Crippen LogP contribution in [0.2, 0.25) is 0 Å². The average Bonchev–Trinajstić information content (AvgIpc) is 3.21. The highest BCUT2D eigenvalue weighted by molar-refractivity contribution is 6.06. The number of ether oxygens (including phenoxy) is 2. The van der Waals surface area contributed by atoms with Crippen LogP contribution in [0.15, 0.2) is 60.1 Å². The molecule has 2 aromatic carbocycles. The second kappa shape index (κ2) is 7.90. The van der Waals surface area contributed by atoms with Gasteiger partial charge in [0.2, 0.25) is 5.95 Å². The van der Waals surface area contributed by atoms with Crippen LogP contribution < -0.4 is 20.1 Å². The van der Waals surface area contributed by atoms with Gasteiger partial charge in [-0.15, -0.1) is 0 Å². The third kappa shape index (κ3) is 3.36. The molecular weight excluding hydrogens is 382 g/mol. The molecule has 0 radical (unpaired) electrons. The van der Waals surface area contributed by atoms with Crippen LogP contribution in [-0.4, -0.2) is 34.9 Å². The largest absolute Gasteiger partial charge is 0.497 e. The molecule has 0 saturated heterocycles. The lowest BCUT2D eigenvalue weighted by molar-refractivity contribution is -0.113. The molecule has 0 fully saturated rings. The van der Waals surface area contributed by atoms with Crippen LogP contribution in [0.25, 0.3) is 0 Å². The number of anilines is 2. The standard InChI is InChI=1S/C22H23N5O3/c1-13-7-5-6-8-17(13)26-21(28)19-14(2)25-22-23-12-24-27(22)20(19)16-10-9-15(29-3)11-18(16)30-4/h5-12,20H,1-4H3,(H,26,28)(H,23,24,25). The summed E-state index contributed by atoms with van der Waals surface area (Å²) in [4.78, 5) is 17.7. The minimum absolute atomic E-state index is 0.224. The van der Waals surface area contributed by atoms with E-state index in [2.05, 4.69) is 20.7 Å². The fourth-order valence-electron chi connectivity index (χ4n) is 3.62. The highest BCUT2D eigenvalue weighted by Gasteiger charge is 2.35. The number of nitrogens with zero attached hydrogens (tertiary/aromatic N) is 3. The monoisotopic (exact) mass is 405 g/mol. The number of benzene rings is 2. The van der Waals surface area contributed by atoms with E-state index in [0.29, 0.717) is 28.7 Å². The van der Waals surface area contributed by atoms with Gasteiger partial charge in [0.05, 0.1) is 19.8 Å². The second-order valence-corrected chi connectivity index (χ2v) is 6.97. The van der Waals surface area contributed by atoms with Crippen LogP contribution in [0.1, 0.15) is 24.1 Å². The summed E-state index contributed by atoms with van der Waals surface area (Å²) in [7, 11) is 3.19. The Labute approximate surface area is 174 Å². The van der Waals surface area contributed by atoms with Crippen molar-refractivity contribution in [1.82, 2.24) is 14.8 Å². The van der Waals surface area contributed by atoms with Crippen LogP contribution >= 0.6 is 0 Å². The lowest BCUT2D eigenvalue weighted by atomic mass is 9.94. The topological polar surface area (TPSA) is 90.3 Å². The number of allylic oxidation sites excluding steroid dienone is 1. The normalized spacial score (nSPS) is 15.3. The van der Waals surface area contributed by atoms with Gasteiger partial charge in [-0.25, -0.2) is 4.68 Å². The first-order chi connectivity index (χ1) is 14.5. The quantitative estimate of drug-likeness (QED) is 0.675. The van der Waals surface area contributed by atoms with Crippen LogP contribution in [-0.2, 0) is 4.79 Å². The van der Waals surface area contributed by atoms with Crippen molar-refractivity contribution in [2.45, 2.75) is 19.9 Å². The number of hydrogen-bond donors (Lipinski definition) is 2. The van der Waals surface area contributed by atoms with E-state index in [4.69, 9.17) is 9.47 Å². The van der Waals surface area contributed by atoms with Crippen molar-refractivity contribution in [3.05, 3.63) is 71.2 Å². The molecular formula is C22H23N5O3. The van der Waals surface area contributed by atoms with E-state index < -0.39 is 6.04 Å². The number of aryl methyl sites for hydroxylation is 1. The van der Waals surface area contributed by atoms with Gasteiger partial charge in [-0.2, -0.15) is 10.1 Å². The number of aromatic nitrogens is 3. The van der Waals surface area contributed by atoms with Crippen LogP contribution in [0, 0.1) is 6.92 Å². The minimum atomic E-state index is -0.520. The van der Waals surface area contributed by atoms with E-state index in [1.807, 2.05) is 50.2 Å². The van der Waals surface area contributed by atoms with Gasteiger partial charge in [-0.3, -0.25) is 4.79 Å². The fourth-order valence-corrected chi connectivity index (χ4v) is 3.62. The van der Waals surface area contributed by atoms with Gasteiger partial charge in [0, 0.05) is 23.0 Å². The van der Waals surface area contributed by atoms with Gasteiger partial charge < -0.3 is 20.1 Å². The van der Waals surface area contributed by atoms with Gasteiger partial charge in [0.25, 0.3) is 5.91 Å². The van der Waals surface area contributed by atoms with Crippen molar-refractivity contribution in [3.8, 4) is 11.5 Å². The summed E-state index contributed by atoms with van der Waals surface area (Å²) in [6, 6.07) is 12.6. The number of amides is 1. The average molecular weight is 405 g/mol. The summed E-state index contributed by atoms with van der Waals surface area (Å²) in [6.45, 7) is 3.81. The van der Waals surface area contributed by atoms with Crippen molar-refractivity contribution in [2.75, 3.05) is 24.9 Å². The molecule has 30 heavy (non-hydrogen) atoms. The molecule has 0 spiro atoms. The molecule has 1 atom stereocenters. The van der Waals surface area contributed by atoms with Crippen molar-refractivity contribution >= 4 is 17.5 Å². The van der Waals surface area contributed by atoms with Gasteiger partial charge in [0.15, 0.2) is 0 Å². The molecule has 1 unspecified atom stereocenters. The number of carbonyl (C=O) groups is 1. The summed E-state index contributed by atoms with van der Waals surface area (Å²) >= 11 is 0. The fraction of sp³-hybridized carbons (Fsp3) is 0.227. The number of carbonyl (C=O) groups excluding carboxylic acids is 1. The summed E-state index contributed by atoms with van der Waals surface area (Å²) in [5.74, 6) is 1.59. The number of fused-ring (bicyclic) bond motifs is 1. The Kier molecular flexibility index (Phi) is 5.14. The lowest BCUT2D eigenvalue weighted by Crippen LogP contribution is -2.31. The molecule has 0 saturated carbocycles. The first kappa shape index (κ1) is 19.5. The second-order valence-electron chi connectivity index (χ2n) is 6.97. The van der Waals surface area contributed by atoms with Crippen LogP contribution in [0.4, 0.5) is 11.6 Å². The molecule has 1 aliphatic rings. The molecule has 0 bridgehead atoms. The molecule has 1 aromatic heterocycles. The molecule has 3 aromatic rings. The first-order valence-corrected chi connectivity index (χ1v) is 9.49. The summed E-state index contributed by atoms with van der Waals surface area (Å²) in [6.07, 6.45) is 1.46. The number of nitrogens with one attached hydrogen (secondary N) is 2. The van der Waals surface area contributed by atoms with E-state index in [0.717, 1.165) is 16.8 Å². The molecule has 8 heteroatoms. The maximum atomic E-state index is 13.4. The third-order valence-electron chi connectivity index (χ3n) is 5.17. The Morgan fingerprint density at radius 3 is 2.67 bits per heavy atom. The Morgan fingerprint density at radius 1 is 1.13 bits per heavy atom. The lowest BCUT2D eigenvalue weighted by Gasteiger charge is -2.29. The molecule has 1 aliphatic heterocycles. The zero-order valence-corrected chi connectivity index (χ0v) is 17.3. The van der Waals surface area contributed by atoms with E-state index >= 15 is 0 Å². The van der Waals surface area contributed by atoms with E-state index in [-0.39, 0.29) is 5.91 Å². The number of rotatable bonds is 5. The summed E-state index contributed by atoms with van der Waals surface area (Å²) in [5, 5.41) is 10.6. The first-order valence-electron chi connectivity index (χ1n) is 9.49. The zero-order chi connectivity index (χ0) is 21.3. The Bertz CT molecular complexity index is 1140. The van der Waals surface area contributed by atoms with Gasteiger partial charge >= 0.3 is 0 Å². The maximum Gasteiger partial charge on any atom is 0.255 e. The van der Waals surface area contributed by atoms with Gasteiger partial charge in [-0.05, 0) is 37.6 Å². The Balaban J connectivity index is 1.82. The predicted octanol–water partition coefficient (Wildman–Crippen LogP) is 3.53. The summed E-state index contributed by atoms with van der Waals surface area (Å²) < 4.78 is 12.6. The molecule has 154 valence electrons. The van der Waals surface area contributed by atoms with E-state index in [9.17, 15) is 4.79 Å². The smallest absolute Gasteiger partial charge is 0.255 e. The van der Waals surface area contributed by atoms with E-state index in [1.165, 1.54) is 6.33 Å². The zero-order valence-electron chi connectivity index (χ0n) is 17.3. The molecule has 8 nitrogen and oxygen atoms in total. The number of methoxy groups -OCH3 is 2. The SMILES string of the molecule is COc1ccc(C2C(C(=O)Nc3ccccc3C)=C(C)Nc3ncnn32)c(OC)c1. The number of hydrogen-bond acceptors (Lipinski definition) is 6. The highest BCUT2D eigenvalue weighted by atomic mass is 16.5. The van der Waals surface area contributed by atoms with E-state index in [1.54, 1.807) is 25.0 Å². The Morgan fingerprint density at radius 2 is 1.93 bits per heavy atom. The highest BCUT2D eigenvalue weighted by Crippen LogP contribution is 2.40. The predicted molar refractivity (Wildman–Crippen MR) is 114 cm³/mol. The van der Waals surface area contributed by atoms with Crippen LogP contribution in [0.5, 0.6) is 11.5 Å². The van der Waals surface area contributed by atoms with Crippen molar-refractivity contribution in [2.24, 2.45) is 0 Å². The van der Waals surface area contributed by atoms with Crippen LogP contribution in [0.3, 0.4) is 0 Å². The number of para-hydroxylation sites is 1. The van der Waals surface area contributed by atoms with Crippen molar-refractivity contribution < 1.29 is 14.3 Å². The molecule has 2 N–H and O–H groups in total. The minimum Gasteiger partial charge on any atom is -0.497 e. The maximum absolute atomic E-state index is 13.4. The Hall–Kier alpha value is -3.81. The summed E-state index contributed by atoms with van der Waals surface area (Å²) in [5.41, 5.74) is 3.74. The van der Waals surface area contributed by atoms with Crippen molar-refractivity contribution in [3.63, 3.8) is 0 Å². The molecule has 1 amide bonds.